The Morgan fingerprint density at radius 3 is 2.40 bits per heavy atom. The van der Waals surface area contributed by atoms with E-state index in [0.717, 1.165) is 12.0 Å². The zero-order chi connectivity index (χ0) is 18.7. The molecule has 3 amide bonds. The van der Waals surface area contributed by atoms with E-state index in [2.05, 4.69) is 10.6 Å². The summed E-state index contributed by atoms with van der Waals surface area (Å²) in [5.74, 6) is -1.14. The molecule has 0 fully saturated rings. The van der Waals surface area contributed by atoms with Crippen LogP contribution in [-0.4, -0.2) is 36.5 Å². The Kier molecular flexibility index (Phi) is 9.02. The molecule has 0 spiro atoms. The fourth-order valence-electron chi connectivity index (χ4n) is 2.05. The Morgan fingerprint density at radius 1 is 1.12 bits per heavy atom. The van der Waals surface area contributed by atoms with Gasteiger partial charge in [0.15, 0.2) is 0 Å². The second-order valence-electron chi connectivity index (χ2n) is 5.68. The molecule has 6 N–H and O–H groups in total. The third kappa shape index (κ3) is 8.16. The van der Waals surface area contributed by atoms with Crippen molar-refractivity contribution >= 4 is 17.9 Å². The first-order valence-corrected chi connectivity index (χ1v) is 8.21. The van der Waals surface area contributed by atoms with Crippen molar-refractivity contribution in [1.82, 2.24) is 10.6 Å². The second-order valence-corrected chi connectivity index (χ2v) is 5.68. The monoisotopic (exact) mass is 350 g/mol. The molecule has 0 aliphatic rings. The summed E-state index contributed by atoms with van der Waals surface area (Å²) in [4.78, 5) is 35.3. The summed E-state index contributed by atoms with van der Waals surface area (Å²) in [6, 6.07) is 7.54. The molecule has 8 nitrogen and oxygen atoms in total. The number of alkyl carbamates (subject to hydrolysis) is 1. The quantitative estimate of drug-likeness (QED) is 0.453. The van der Waals surface area contributed by atoms with Crippen LogP contribution in [0.15, 0.2) is 30.3 Å². The van der Waals surface area contributed by atoms with E-state index in [9.17, 15) is 14.4 Å². The van der Waals surface area contributed by atoms with Crippen LogP contribution in [0.1, 0.15) is 31.7 Å². The van der Waals surface area contributed by atoms with Crippen LogP contribution in [-0.2, 0) is 20.9 Å². The van der Waals surface area contributed by atoms with Gasteiger partial charge in [-0.15, -0.1) is 0 Å². The van der Waals surface area contributed by atoms with E-state index in [0.29, 0.717) is 19.4 Å². The number of hydrogen-bond donors (Lipinski definition) is 4. The topological polar surface area (TPSA) is 137 Å². The van der Waals surface area contributed by atoms with Crippen LogP contribution >= 0.6 is 0 Å². The number of amides is 3. The first-order chi connectivity index (χ1) is 11.9. The first kappa shape index (κ1) is 20.4. The van der Waals surface area contributed by atoms with Gasteiger partial charge in [-0.1, -0.05) is 30.3 Å². The maximum absolute atomic E-state index is 12.2. The van der Waals surface area contributed by atoms with Gasteiger partial charge in [-0.25, -0.2) is 4.79 Å². The molecule has 0 heterocycles. The number of carbonyl (C=O) groups excluding carboxylic acids is 3. The largest absolute Gasteiger partial charge is 0.445 e. The lowest BCUT2D eigenvalue weighted by molar-refractivity contribution is -0.128. The fraction of sp³-hybridized carbons (Fsp3) is 0.471. The molecule has 25 heavy (non-hydrogen) atoms. The molecule has 1 aromatic carbocycles. The van der Waals surface area contributed by atoms with Crippen LogP contribution in [0.25, 0.3) is 0 Å². The van der Waals surface area contributed by atoms with Crippen LogP contribution in [0.4, 0.5) is 4.79 Å². The van der Waals surface area contributed by atoms with E-state index in [1.807, 2.05) is 30.3 Å². The molecule has 0 aliphatic heterocycles. The zero-order valence-corrected chi connectivity index (χ0v) is 14.4. The Morgan fingerprint density at radius 2 is 1.80 bits per heavy atom. The fourth-order valence-corrected chi connectivity index (χ4v) is 2.05. The van der Waals surface area contributed by atoms with Crippen LogP contribution in [0.5, 0.6) is 0 Å². The van der Waals surface area contributed by atoms with Gasteiger partial charge in [-0.05, 0) is 38.3 Å². The third-order valence-corrected chi connectivity index (χ3v) is 3.55. The van der Waals surface area contributed by atoms with Crippen LogP contribution in [0.3, 0.4) is 0 Å². The summed E-state index contributed by atoms with van der Waals surface area (Å²) in [7, 11) is 0. The minimum absolute atomic E-state index is 0.0987. The highest BCUT2D eigenvalue weighted by Crippen LogP contribution is 2.04. The van der Waals surface area contributed by atoms with Crippen molar-refractivity contribution in [3.05, 3.63) is 35.9 Å². The van der Waals surface area contributed by atoms with Gasteiger partial charge in [-0.2, -0.15) is 0 Å². The molecule has 0 aliphatic carbocycles. The Bertz CT molecular complexity index is 565. The number of nitrogens with one attached hydrogen (secondary N) is 2. The smallest absolute Gasteiger partial charge is 0.408 e. The molecule has 8 heteroatoms. The number of ether oxygens (including phenoxy) is 1. The molecule has 1 rings (SSSR count). The average Bonchev–Trinajstić information content (AvgIpc) is 2.60. The van der Waals surface area contributed by atoms with E-state index in [1.54, 1.807) is 0 Å². The van der Waals surface area contributed by atoms with Crippen LogP contribution in [0.2, 0.25) is 0 Å². The summed E-state index contributed by atoms with van der Waals surface area (Å²) in [5, 5.41) is 4.99. The molecule has 0 aromatic heterocycles. The number of carbonyl (C=O) groups is 3. The molecule has 0 saturated carbocycles. The van der Waals surface area contributed by atoms with Gasteiger partial charge in [0.2, 0.25) is 11.8 Å². The van der Waals surface area contributed by atoms with Gasteiger partial charge in [0.25, 0.3) is 0 Å². The minimum Gasteiger partial charge on any atom is -0.445 e. The lowest BCUT2D eigenvalue weighted by atomic mass is 10.1. The normalized spacial score (nSPS) is 12.7. The van der Waals surface area contributed by atoms with E-state index in [4.69, 9.17) is 16.2 Å². The van der Waals surface area contributed by atoms with Gasteiger partial charge >= 0.3 is 6.09 Å². The summed E-state index contributed by atoms with van der Waals surface area (Å²) in [6.45, 7) is 2.07. The average molecular weight is 350 g/mol. The highest BCUT2D eigenvalue weighted by molar-refractivity contribution is 5.90. The molecule has 0 bridgehead atoms. The lowest BCUT2D eigenvalue weighted by Gasteiger charge is -2.20. The first-order valence-electron chi connectivity index (χ1n) is 8.21. The maximum atomic E-state index is 12.2. The van der Waals surface area contributed by atoms with E-state index in [-0.39, 0.29) is 6.61 Å². The van der Waals surface area contributed by atoms with Crippen molar-refractivity contribution in [2.45, 2.75) is 44.9 Å². The van der Waals surface area contributed by atoms with E-state index in [1.165, 1.54) is 6.92 Å². The van der Waals surface area contributed by atoms with Crippen LogP contribution in [0, 0.1) is 0 Å². The van der Waals surface area contributed by atoms with Crippen LogP contribution < -0.4 is 22.1 Å². The zero-order valence-electron chi connectivity index (χ0n) is 14.4. The van der Waals surface area contributed by atoms with Gasteiger partial charge < -0.3 is 26.8 Å². The van der Waals surface area contributed by atoms with Crippen molar-refractivity contribution < 1.29 is 19.1 Å². The predicted molar refractivity (Wildman–Crippen MR) is 93.3 cm³/mol. The molecular weight excluding hydrogens is 324 g/mol. The molecule has 0 unspecified atom stereocenters. The van der Waals surface area contributed by atoms with Gasteiger partial charge in [0, 0.05) is 0 Å². The number of unbranched alkanes of at least 4 members (excludes halogenated alkanes) is 1. The molecule has 0 saturated heterocycles. The van der Waals surface area contributed by atoms with Crippen molar-refractivity contribution in [3.8, 4) is 0 Å². The minimum atomic E-state index is -0.827. The number of primary amides is 1. The van der Waals surface area contributed by atoms with Crippen molar-refractivity contribution in [3.63, 3.8) is 0 Å². The Balaban J connectivity index is 2.57. The van der Waals surface area contributed by atoms with Gasteiger partial charge in [0.1, 0.15) is 18.7 Å². The lowest BCUT2D eigenvalue weighted by Crippen LogP contribution is -2.52. The number of nitrogens with two attached hydrogens (primary N) is 2. The van der Waals surface area contributed by atoms with E-state index < -0.39 is 30.0 Å². The summed E-state index contributed by atoms with van der Waals surface area (Å²) in [5.41, 5.74) is 11.4. The molecule has 138 valence electrons. The Labute approximate surface area is 147 Å². The SMILES string of the molecule is C[C@H](NC(=O)[C@H](CCCCN)NC(=O)OCc1ccccc1)C(N)=O. The predicted octanol–water partition coefficient (Wildman–Crippen LogP) is 0.400. The third-order valence-electron chi connectivity index (χ3n) is 3.55. The molecule has 0 radical (unpaired) electrons. The Hall–Kier alpha value is -2.61. The van der Waals surface area contributed by atoms with Crippen molar-refractivity contribution in [2.24, 2.45) is 11.5 Å². The summed E-state index contributed by atoms with van der Waals surface area (Å²) >= 11 is 0. The standard InChI is InChI=1S/C17H26N4O4/c1-12(15(19)22)20-16(23)14(9-5-6-10-18)21-17(24)25-11-13-7-3-2-4-8-13/h2-4,7-8,12,14H,5-6,9-11,18H2,1H3,(H2,19,22)(H,20,23)(H,21,24)/t12-,14-/m0/s1. The summed E-state index contributed by atoms with van der Waals surface area (Å²) in [6.07, 6.45) is 1.05. The van der Waals surface area contributed by atoms with E-state index >= 15 is 0 Å². The second kappa shape index (κ2) is 11.0. The molecule has 1 aromatic rings. The number of hydrogen-bond acceptors (Lipinski definition) is 5. The maximum Gasteiger partial charge on any atom is 0.408 e. The van der Waals surface area contributed by atoms with Crippen molar-refractivity contribution in [2.75, 3.05) is 6.54 Å². The molecule has 2 atom stereocenters. The summed E-state index contributed by atoms with van der Waals surface area (Å²) < 4.78 is 5.12. The molecular formula is C17H26N4O4. The number of benzene rings is 1. The number of rotatable bonds is 10. The van der Waals surface area contributed by atoms with Gasteiger partial charge in [-0.3, -0.25) is 9.59 Å². The highest BCUT2D eigenvalue weighted by atomic mass is 16.5. The van der Waals surface area contributed by atoms with Gasteiger partial charge in [0.05, 0.1) is 0 Å². The van der Waals surface area contributed by atoms with Crippen molar-refractivity contribution in [1.29, 1.82) is 0 Å². The highest BCUT2D eigenvalue weighted by Gasteiger charge is 2.23.